The van der Waals surface area contributed by atoms with Gasteiger partial charge in [-0.15, -0.1) is 11.3 Å². The lowest BCUT2D eigenvalue weighted by Gasteiger charge is -2.07. The van der Waals surface area contributed by atoms with E-state index < -0.39 is 0 Å². The van der Waals surface area contributed by atoms with Crippen LogP contribution in [-0.2, 0) is 11.3 Å². The van der Waals surface area contributed by atoms with E-state index in [1.807, 2.05) is 24.3 Å². The molecule has 1 heterocycles. The molecule has 22 heavy (non-hydrogen) atoms. The van der Waals surface area contributed by atoms with E-state index in [2.05, 4.69) is 10.3 Å². The maximum absolute atomic E-state index is 11.8. The largest absolute Gasteiger partial charge is 0.504 e. The Morgan fingerprint density at radius 2 is 1.95 bits per heavy atom. The first kappa shape index (κ1) is 14.3. The Labute approximate surface area is 131 Å². The molecule has 0 aliphatic carbocycles. The first-order valence-corrected chi connectivity index (χ1v) is 7.56. The van der Waals surface area contributed by atoms with Crippen LogP contribution < -0.4 is 10.1 Å². The lowest BCUT2D eigenvalue weighted by atomic mass is 10.3. The SMILES string of the molecule is O=C(COc1ccccc1O)NCc1nc2ccccc2s1. The van der Waals surface area contributed by atoms with Crippen LogP contribution in [0.2, 0.25) is 0 Å². The second-order valence-electron chi connectivity index (χ2n) is 4.61. The van der Waals surface area contributed by atoms with Gasteiger partial charge in [0.25, 0.3) is 5.91 Å². The summed E-state index contributed by atoms with van der Waals surface area (Å²) >= 11 is 1.55. The average molecular weight is 314 g/mol. The minimum Gasteiger partial charge on any atom is -0.504 e. The fraction of sp³-hybridized carbons (Fsp3) is 0.125. The van der Waals surface area contributed by atoms with Crippen LogP contribution in [0.3, 0.4) is 0 Å². The Hall–Kier alpha value is -2.60. The number of ether oxygens (including phenoxy) is 1. The van der Waals surface area contributed by atoms with Crippen molar-refractivity contribution in [2.45, 2.75) is 6.54 Å². The number of rotatable bonds is 5. The van der Waals surface area contributed by atoms with Crippen molar-refractivity contribution in [1.82, 2.24) is 10.3 Å². The number of carbonyl (C=O) groups excluding carboxylic acids is 1. The smallest absolute Gasteiger partial charge is 0.258 e. The van der Waals surface area contributed by atoms with Gasteiger partial charge in [0, 0.05) is 0 Å². The number of benzene rings is 2. The van der Waals surface area contributed by atoms with Crippen molar-refractivity contribution < 1.29 is 14.6 Å². The zero-order valence-corrected chi connectivity index (χ0v) is 12.5. The van der Waals surface area contributed by atoms with Crippen LogP contribution in [0.1, 0.15) is 5.01 Å². The topological polar surface area (TPSA) is 71.5 Å². The van der Waals surface area contributed by atoms with Gasteiger partial charge in [-0.2, -0.15) is 0 Å². The first-order chi connectivity index (χ1) is 10.7. The quantitative estimate of drug-likeness (QED) is 0.759. The number of thiazole rings is 1. The normalized spacial score (nSPS) is 10.5. The third kappa shape index (κ3) is 3.35. The van der Waals surface area contributed by atoms with E-state index in [0.717, 1.165) is 15.2 Å². The third-order valence-electron chi connectivity index (χ3n) is 3.00. The van der Waals surface area contributed by atoms with Crippen molar-refractivity contribution >= 4 is 27.5 Å². The molecule has 0 bridgehead atoms. The van der Waals surface area contributed by atoms with Crippen molar-refractivity contribution in [3.63, 3.8) is 0 Å². The van der Waals surface area contributed by atoms with E-state index >= 15 is 0 Å². The van der Waals surface area contributed by atoms with Gasteiger partial charge in [0.15, 0.2) is 18.1 Å². The molecular weight excluding hydrogens is 300 g/mol. The molecular formula is C16H14N2O3S. The molecule has 0 aliphatic rings. The zero-order chi connectivity index (χ0) is 15.4. The summed E-state index contributed by atoms with van der Waals surface area (Å²) in [6.07, 6.45) is 0. The summed E-state index contributed by atoms with van der Waals surface area (Å²) in [4.78, 5) is 16.2. The molecule has 2 N–H and O–H groups in total. The third-order valence-corrected chi connectivity index (χ3v) is 4.04. The van der Waals surface area contributed by atoms with Crippen LogP contribution >= 0.6 is 11.3 Å². The van der Waals surface area contributed by atoms with Crippen LogP contribution in [0.4, 0.5) is 0 Å². The average Bonchev–Trinajstić information content (AvgIpc) is 2.95. The highest BCUT2D eigenvalue weighted by atomic mass is 32.1. The predicted molar refractivity (Wildman–Crippen MR) is 85.1 cm³/mol. The summed E-state index contributed by atoms with van der Waals surface area (Å²) < 4.78 is 6.36. The van der Waals surface area contributed by atoms with Crippen LogP contribution in [-0.4, -0.2) is 22.6 Å². The van der Waals surface area contributed by atoms with Crippen molar-refractivity contribution in [2.75, 3.05) is 6.61 Å². The molecule has 0 saturated heterocycles. The maximum atomic E-state index is 11.8. The van der Waals surface area contributed by atoms with Gasteiger partial charge in [-0.05, 0) is 24.3 Å². The number of phenols is 1. The minimum atomic E-state index is -0.262. The summed E-state index contributed by atoms with van der Waals surface area (Å²) in [5.74, 6) is 0.0432. The second-order valence-corrected chi connectivity index (χ2v) is 5.72. The molecule has 5 nitrogen and oxygen atoms in total. The van der Waals surface area contributed by atoms with E-state index in [4.69, 9.17) is 4.74 Å². The number of hydrogen-bond acceptors (Lipinski definition) is 5. The van der Waals surface area contributed by atoms with Gasteiger partial charge in [-0.3, -0.25) is 4.79 Å². The molecule has 3 aromatic rings. The van der Waals surface area contributed by atoms with Crippen molar-refractivity contribution in [1.29, 1.82) is 0 Å². The van der Waals surface area contributed by atoms with Gasteiger partial charge in [0.2, 0.25) is 0 Å². The Balaban J connectivity index is 1.53. The number of nitrogens with zero attached hydrogens (tertiary/aromatic N) is 1. The van der Waals surface area contributed by atoms with E-state index in [9.17, 15) is 9.90 Å². The van der Waals surface area contributed by atoms with Gasteiger partial charge in [-0.25, -0.2) is 4.98 Å². The first-order valence-electron chi connectivity index (χ1n) is 6.74. The summed E-state index contributed by atoms with van der Waals surface area (Å²) in [6, 6.07) is 14.4. The molecule has 0 unspecified atom stereocenters. The summed E-state index contributed by atoms with van der Waals surface area (Å²) in [5.41, 5.74) is 0.933. The summed E-state index contributed by atoms with van der Waals surface area (Å²) in [6.45, 7) is 0.213. The van der Waals surface area contributed by atoms with E-state index in [1.54, 1.807) is 29.5 Å². The number of aromatic hydroxyl groups is 1. The monoisotopic (exact) mass is 314 g/mol. The highest BCUT2D eigenvalue weighted by Gasteiger charge is 2.08. The molecule has 0 aliphatic heterocycles. The second kappa shape index (κ2) is 6.44. The Kier molecular flexibility index (Phi) is 4.20. The molecule has 0 saturated carbocycles. The zero-order valence-electron chi connectivity index (χ0n) is 11.7. The van der Waals surface area contributed by atoms with Gasteiger partial charge in [-0.1, -0.05) is 24.3 Å². The number of fused-ring (bicyclic) bond motifs is 1. The maximum Gasteiger partial charge on any atom is 0.258 e. The fourth-order valence-electron chi connectivity index (χ4n) is 1.94. The van der Waals surface area contributed by atoms with E-state index in [-0.39, 0.29) is 24.0 Å². The summed E-state index contributed by atoms with van der Waals surface area (Å²) in [7, 11) is 0. The lowest BCUT2D eigenvalue weighted by molar-refractivity contribution is -0.123. The van der Waals surface area contributed by atoms with Gasteiger partial charge < -0.3 is 15.2 Å². The lowest BCUT2D eigenvalue weighted by Crippen LogP contribution is -2.28. The number of amides is 1. The number of hydrogen-bond donors (Lipinski definition) is 2. The molecule has 0 fully saturated rings. The van der Waals surface area contributed by atoms with Crippen molar-refractivity contribution in [3.8, 4) is 11.5 Å². The molecule has 0 radical (unpaired) electrons. The van der Waals surface area contributed by atoms with Crippen molar-refractivity contribution in [2.24, 2.45) is 0 Å². The summed E-state index contributed by atoms with van der Waals surface area (Å²) in [5, 5.41) is 13.1. The van der Waals surface area contributed by atoms with Crippen LogP contribution in [0, 0.1) is 0 Å². The van der Waals surface area contributed by atoms with Gasteiger partial charge in [0.1, 0.15) is 5.01 Å². The molecule has 1 aromatic heterocycles. The number of carbonyl (C=O) groups is 1. The Morgan fingerprint density at radius 3 is 2.77 bits per heavy atom. The van der Waals surface area contributed by atoms with E-state index in [0.29, 0.717) is 6.54 Å². The Morgan fingerprint density at radius 1 is 1.18 bits per heavy atom. The minimum absolute atomic E-state index is 0.0153. The molecule has 0 spiro atoms. The van der Waals surface area contributed by atoms with Crippen LogP contribution in [0.25, 0.3) is 10.2 Å². The van der Waals surface area contributed by atoms with E-state index in [1.165, 1.54) is 6.07 Å². The number of para-hydroxylation sites is 3. The number of phenolic OH excluding ortho intramolecular Hbond substituents is 1. The Bertz CT molecular complexity index is 768. The molecule has 0 atom stereocenters. The highest BCUT2D eigenvalue weighted by molar-refractivity contribution is 7.18. The number of aromatic nitrogens is 1. The molecule has 3 rings (SSSR count). The fourth-order valence-corrected chi connectivity index (χ4v) is 2.85. The molecule has 6 heteroatoms. The van der Waals surface area contributed by atoms with Crippen molar-refractivity contribution in [3.05, 3.63) is 53.5 Å². The van der Waals surface area contributed by atoms with Gasteiger partial charge >= 0.3 is 0 Å². The molecule has 112 valence electrons. The predicted octanol–water partition coefficient (Wildman–Crippen LogP) is 2.70. The van der Waals surface area contributed by atoms with Crippen LogP contribution in [0.15, 0.2) is 48.5 Å². The highest BCUT2D eigenvalue weighted by Crippen LogP contribution is 2.24. The standard InChI is InChI=1S/C16H14N2O3S/c19-12-6-2-3-7-13(12)21-10-15(20)17-9-16-18-11-5-1-4-8-14(11)22-16/h1-8,19H,9-10H2,(H,17,20). The number of nitrogens with one attached hydrogen (secondary N) is 1. The van der Waals surface area contributed by atoms with Crippen LogP contribution in [0.5, 0.6) is 11.5 Å². The van der Waals surface area contributed by atoms with Gasteiger partial charge in [0.05, 0.1) is 16.8 Å². The molecule has 2 aromatic carbocycles. The molecule has 1 amide bonds.